The summed E-state index contributed by atoms with van der Waals surface area (Å²) in [6.45, 7) is 3.67. The number of nitrogens with zero attached hydrogens (tertiary/aromatic N) is 1. The van der Waals surface area contributed by atoms with Crippen molar-refractivity contribution < 1.29 is 14.7 Å². The molecule has 2 rings (SSSR count). The maximum atomic E-state index is 12.1. The zero-order chi connectivity index (χ0) is 15.6. The number of rotatable bonds is 6. The lowest BCUT2D eigenvalue weighted by molar-refractivity contribution is -0.143. The van der Waals surface area contributed by atoms with Crippen LogP contribution in [0.5, 0.6) is 0 Å². The normalized spacial score (nSPS) is 15.8. The Balaban J connectivity index is 1.99. The molecule has 0 aromatic heterocycles. The number of amides is 1. The largest absolute Gasteiger partial charge is 0.480 e. The van der Waals surface area contributed by atoms with Gasteiger partial charge >= 0.3 is 5.97 Å². The fourth-order valence-corrected chi connectivity index (χ4v) is 2.47. The highest BCUT2D eigenvalue weighted by Gasteiger charge is 2.36. The maximum Gasteiger partial charge on any atom is 0.320 e. The number of carboxylic acids is 1. The molecule has 0 bridgehead atoms. The summed E-state index contributed by atoms with van der Waals surface area (Å²) in [6.07, 6.45) is 1.92. The minimum Gasteiger partial charge on any atom is -0.480 e. The number of carbonyl (C=O) groups excluding carboxylic acids is 1. The van der Waals surface area contributed by atoms with E-state index in [1.807, 2.05) is 25.1 Å². The molecule has 0 heterocycles. The molecule has 1 aliphatic carbocycles. The maximum absolute atomic E-state index is 12.1. The van der Waals surface area contributed by atoms with Gasteiger partial charge < -0.3 is 10.4 Å². The predicted octanol–water partition coefficient (Wildman–Crippen LogP) is 2.63. The third kappa shape index (κ3) is 4.28. The van der Waals surface area contributed by atoms with Gasteiger partial charge in [-0.2, -0.15) is 0 Å². The Morgan fingerprint density at radius 1 is 1.48 bits per heavy atom. The molecule has 0 radical (unpaired) electrons. The fraction of sp³-hybridized carbons (Fsp3) is 0.467. The van der Waals surface area contributed by atoms with Crippen LogP contribution in [-0.2, 0) is 9.59 Å². The number of carboxylic acid groups (broad SMARTS) is 1. The molecule has 0 aliphatic heterocycles. The minimum absolute atomic E-state index is 0.104. The van der Waals surface area contributed by atoms with Crippen molar-refractivity contribution in [1.29, 1.82) is 0 Å². The second-order valence-corrected chi connectivity index (χ2v) is 6.28. The molecule has 1 atom stereocenters. The number of halogens is 1. The summed E-state index contributed by atoms with van der Waals surface area (Å²) in [5.41, 5.74) is 1.75. The highest BCUT2D eigenvalue weighted by atomic mass is 79.9. The molecule has 0 saturated heterocycles. The van der Waals surface area contributed by atoms with Crippen molar-refractivity contribution in [2.75, 3.05) is 11.9 Å². The lowest BCUT2D eigenvalue weighted by Gasteiger charge is -2.25. The molecule has 1 aromatic rings. The first-order chi connectivity index (χ1) is 9.88. The molecule has 5 nitrogen and oxygen atoms in total. The first-order valence-corrected chi connectivity index (χ1v) is 7.72. The molecule has 114 valence electrons. The minimum atomic E-state index is -0.894. The van der Waals surface area contributed by atoms with Crippen LogP contribution < -0.4 is 5.32 Å². The molecule has 1 amide bonds. The van der Waals surface area contributed by atoms with E-state index in [0.29, 0.717) is 0 Å². The Morgan fingerprint density at radius 3 is 2.67 bits per heavy atom. The van der Waals surface area contributed by atoms with Crippen molar-refractivity contribution in [3.8, 4) is 0 Å². The number of aliphatic carboxylic acids is 1. The molecule has 1 fully saturated rings. The van der Waals surface area contributed by atoms with Crippen molar-refractivity contribution in [1.82, 2.24) is 4.90 Å². The van der Waals surface area contributed by atoms with Gasteiger partial charge in [0.25, 0.3) is 0 Å². The first kappa shape index (κ1) is 16.0. The van der Waals surface area contributed by atoms with Crippen molar-refractivity contribution in [2.24, 2.45) is 0 Å². The van der Waals surface area contributed by atoms with Gasteiger partial charge in [0.05, 0.1) is 6.54 Å². The van der Waals surface area contributed by atoms with E-state index in [9.17, 15) is 9.59 Å². The third-order valence-corrected chi connectivity index (χ3v) is 4.53. The van der Waals surface area contributed by atoms with Gasteiger partial charge in [-0.3, -0.25) is 14.5 Å². The summed E-state index contributed by atoms with van der Waals surface area (Å²) in [5.74, 6) is -1.08. The average Bonchev–Trinajstić information content (AvgIpc) is 3.24. The second-order valence-electron chi connectivity index (χ2n) is 5.43. The molecular formula is C15H19BrN2O3. The Kier molecular flexibility index (Phi) is 5.00. The molecule has 0 spiro atoms. The van der Waals surface area contributed by atoms with Gasteiger partial charge in [-0.15, -0.1) is 0 Å². The van der Waals surface area contributed by atoms with Crippen molar-refractivity contribution >= 4 is 33.5 Å². The molecule has 21 heavy (non-hydrogen) atoms. The zero-order valence-electron chi connectivity index (χ0n) is 12.1. The monoisotopic (exact) mass is 354 g/mol. The molecular weight excluding hydrogens is 336 g/mol. The van der Waals surface area contributed by atoms with Crippen molar-refractivity contribution in [3.05, 3.63) is 28.2 Å². The standard InChI is InChI=1S/C15H19BrN2O3/c1-9-7-11(3-6-13(9)16)17-14(19)8-18(12-4-5-12)10(2)15(20)21/h3,6-7,10,12H,4-5,8H2,1-2H3,(H,17,19)(H,20,21). The first-order valence-electron chi connectivity index (χ1n) is 6.93. The number of benzene rings is 1. The topological polar surface area (TPSA) is 69.6 Å². The van der Waals surface area contributed by atoms with Crippen LogP contribution in [0, 0.1) is 6.92 Å². The number of aryl methyl sites for hydroxylation is 1. The number of anilines is 1. The van der Waals surface area contributed by atoms with Crippen LogP contribution in [0.3, 0.4) is 0 Å². The quantitative estimate of drug-likeness (QED) is 0.823. The fourth-order valence-electron chi connectivity index (χ4n) is 2.22. The summed E-state index contributed by atoms with van der Waals surface area (Å²) >= 11 is 3.41. The number of carbonyl (C=O) groups is 2. The second kappa shape index (κ2) is 6.58. The van der Waals surface area contributed by atoms with Gasteiger partial charge in [0.2, 0.25) is 5.91 Å². The van der Waals surface area contributed by atoms with Crippen LogP contribution in [0.2, 0.25) is 0 Å². The van der Waals surface area contributed by atoms with Crippen LogP contribution in [0.1, 0.15) is 25.3 Å². The highest BCUT2D eigenvalue weighted by Crippen LogP contribution is 2.28. The molecule has 1 saturated carbocycles. The van der Waals surface area contributed by atoms with Crippen LogP contribution in [0.25, 0.3) is 0 Å². The Morgan fingerprint density at radius 2 is 2.14 bits per heavy atom. The zero-order valence-corrected chi connectivity index (χ0v) is 13.7. The summed E-state index contributed by atoms with van der Waals surface area (Å²) in [4.78, 5) is 25.0. The van der Waals surface area contributed by atoms with Gasteiger partial charge in [0, 0.05) is 16.2 Å². The molecule has 1 aromatic carbocycles. The summed E-state index contributed by atoms with van der Waals surface area (Å²) in [7, 11) is 0. The Hall–Kier alpha value is -1.40. The van der Waals surface area contributed by atoms with Gasteiger partial charge in [-0.1, -0.05) is 15.9 Å². The van der Waals surface area contributed by atoms with Gasteiger partial charge in [0.15, 0.2) is 0 Å². The SMILES string of the molecule is Cc1cc(NC(=O)CN(C2CC2)C(C)C(=O)O)ccc1Br. The summed E-state index contributed by atoms with van der Waals surface area (Å²) in [5, 5.41) is 11.9. The third-order valence-electron chi connectivity index (χ3n) is 3.64. The van der Waals surface area contributed by atoms with Crippen LogP contribution in [-0.4, -0.2) is 40.5 Å². The van der Waals surface area contributed by atoms with E-state index in [2.05, 4.69) is 21.2 Å². The van der Waals surface area contributed by atoms with E-state index in [1.54, 1.807) is 11.8 Å². The lowest BCUT2D eigenvalue weighted by atomic mass is 10.2. The molecule has 1 unspecified atom stereocenters. The summed E-state index contributed by atoms with van der Waals surface area (Å²) in [6, 6.07) is 5.15. The van der Waals surface area contributed by atoms with Crippen LogP contribution >= 0.6 is 15.9 Å². The summed E-state index contributed by atoms with van der Waals surface area (Å²) < 4.78 is 0.986. The van der Waals surface area contributed by atoms with E-state index < -0.39 is 12.0 Å². The van der Waals surface area contributed by atoms with Gasteiger partial charge in [0.1, 0.15) is 6.04 Å². The van der Waals surface area contributed by atoms with E-state index in [0.717, 1.165) is 28.6 Å². The predicted molar refractivity (Wildman–Crippen MR) is 84.3 cm³/mol. The Bertz CT molecular complexity index is 558. The van der Waals surface area contributed by atoms with Crippen LogP contribution in [0.4, 0.5) is 5.69 Å². The van der Waals surface area contributed by atoms with Crippen molar-refractivity contribution in [3.63, 3.8) is 0 Å². The average molecular weight is 355 g/mol. The smallest absolute Gasteiger partial charge is 0.320 e. The van der Waals surface area contributed by atoms with E-state index in [1.165, 1.54) is 0 Å². The van der Waals surface area contributed by atoms with Crippen molar-refractivity contribution in [2.45, 2.75) is 38.8 Å². The lowest BCUT2D eigenvalue weighted by Crippen LogP contribution is -2.44. The number of hydrogen-bond acceptors (Lipinski definition) is 3. The van der Waals surface area contributed by atoms with E-state index in [-0.39, 0.29) is 18.5 Å². The van der Waals surface area contributed by atoms with Gasteiger partial charge in [-0.25, -0.2) is 0 Å². The van der Waals surface area contributed by atoms with E-state index in [4.69, 9.17) is 5.11 Å². The molecule has 6 heteroatoms. The Labute approximate surface area is 132 Å². The molecule has 2 N–H and O–H groups in total. The van der Waals surface area contributed by atoms with Crippen LogP contribution in [0.15, 0.2) is 22.7 Å². The number of nitrogens with one attached hydrogen (secondary N) is 1. The number of hydrogen-bond donors (Lipinski definition) is 2. The van der Waals surface area contributed by atoms with Gasteiger partial charge in [-0.05, 0) is 50.5 Å². The highest BCUT2D eigenvalue weighted by molar-refractivity contribution is 9.10. The molecule has 1 aliphatic rings. The van der Waals surface area contributed by atoms with E-state index >= 15 is 0 Å².